The van der Waals surface area contributed by atoms with Crippen LogP contribution in [0.15, 0.2) is 59.5 Å². The monoisotopic (exact) mass is 402 g/mol. The van der Waals surface area contributed by atoms with Gasteiger partial charge in [-0.15, -0.1) is 0 Å². The van der Waals surface area contributed by atoms with E-state index in [9.17, 15) is 13.2 Å². The van der Waals surface area contributed by atoms with Crippen molar-refractivity contribution in [3.63, 3.8) is 0 Å². The smallest absolute Gasteiger partial charge is 0.243 e. The van der Waals surface area contributed by atoms with Crippen LogP contribution in [-0.4, -0.2) is 38.3 Å². The molecular formula is C21H26N2O4S. The number of hydrogen-bond acceptors (Lipinski definition) is 4. The molecule has 0 aromatic heterocycles. The molecule has 28 heavy (non-hydrogen) atoms. The molecule has 0 radical (unpaired) electrons. The highest BCUT2D eigenvalue weighted by Crippen LogP contribution is 2.27. The van der Waals surface area contributed by atoms with Gasteiger partial charge >= 0.3 is 0 Å². The Labute approximate surface area is 166 Å². The summed E-state index contributed by atoms with van der Waals surface area (Å²) in [5.41, 5.74) is 0.885. The lowest BCUT2D eigenvalue weighted by molar-refractivity contribution is -0.122. The normalized spacial score (nSPS) is 17.8. The Morgan fingerprint density at radius 2 is 1.82 bits per heavy atom. The third kappa shape index (κ3) is 4.72. The van der Waals surface area contributed by atoms with Crippen LogP contribution >= 0.6 is 0 Å². The maximum atomic E-state index is 13.0. The molecule has 150 valence electrons. The van der Waals surface area contributed by atoms with E-state index in [-0.39, 0.29) is 23.3 Å². The number of piperidine rings is 1. The van der Waals surface area contributed by atoms with Gasteiger partial charge in [-0.05, 0) is 31.0 Å². The van der Waals surface area contributed by atoms with E-state index in [0.717, 1.165) is 18.4 Å². The van der Waals surface area contributed by atoms with E-state index in [4.69, 9.17) is 4.74 Å². The lowest BCUT2D eigenvalue weighted by Gasteiger charge is -2.34. The largest absolute Gasteiger partial charge is 0.496 e. The highest BCUT2D eigenvalue weighted by atomic mass is 32.2. The Bertz CT molecular complexity index is 900. The number of nitrogens with one attached hydrogen (secondary N) is 1. The fourth-order valence-corrected chi connectivity index (χ4v) is 5.27. The number of ether oxygens (including phenoxy) is 1. The number of amides is 1. The zero-order valence-corrected chi connectivity index (χ0v) is 16.8. The molecule has 1 aliphatic rings. The van der Waals surface area contributed by atoms with Gasteiger partial charge in [0, 0.05) is 31.1 Å². The van der Waals surface area contributed by atoms with Crippen LogP contribution in [0.2, 0.25) is 0 Å². The second kappa shape index (κ2) is 9.21. The maximum Gasteiger partial charge on any atom is 0.243 e. The van der Waals surface area contributed by atoms with Crippen molar-refractivity contribution < 1.29 is 17.9 Å². The van der Waals surface area contributed by atoms with Gasteiger partial charge < -0.3 is 10.1 Å². The molecule has 0 saturated carbocycles. The summed E-state index contributed by atoms with van der Waals surface area (Å²) in [5.74, 6) is 0.555. The standard InChI is InChI=1S/C21H26N2O4S/c1-27-20-13-6-5-9-17(20)16-22-21(24)15-18-10-7-8-14-23(18)28(25,26)19-11-3-2-4-12-19/h2-6,9,11-13,18H,7-8,10,14-16H2,1H3,(H,22,24). The lowest BCUT2D eigenvalue weighted by atomic mass is 10.0. The molecule has 1 amide bonds. The molecule has 3 rings (SSSR count). The van der Waals surface area contributed by atoms with E-state index >= 15 is 0 Å². The molecule has 1 unspecified atom stereocenters. The maximum absolute atomic E-state index is 13.0. The van der Waals surface area contributed by atoms with Crippen LogP contribution < -0.4 is 10.1 Å². The predicted octanol–water partition coefficient (Wildman–Crippen LogP) is 2.94. The number of methoxy groups -OCH3 is 1. The molecular weight excluding hydrogens is 376 g/mol. The van der Waals surface area contributed by atoms with Crippen LogP contribution in [0.25, 0.3) is 0 Å². The van der Waals surface area contributed by atoms with Crippen molar-refractivity contribution in [3.05, 3.63) is 60.2 Å². The number of para-hydroxylation sites is 1. The first-order valence-electron chi connectivity index (χ1n) is 9.48. The number of carbonyl (C=O) groups is 1. The van der Waals surface area contributed by atoms with E-state index < -0.39 is 10.0 Å². The van der Waals surface area contributed by atoms with Gasteiger partial charge in [0.05, 0.1) is 12.0 Å². The Hall–Kier alpha value is -2.38. The highest BCUT2D eigenvalue weighted by Gasteiger charge is 2.34. The second-order valence-corrected chi connectivity index (χ2v) is 8.76. The van der Waals surface area contributed by atoms with E-state index in [0.29, 0.717) is 25.3 Å². The topological polar surface area (TPSA) is 75.7 Å². The zero-order valence-electron chi connectivity index (χ0n) is 16.0. The van der Waals surface area contributed by atoms with Gasteiger partial charge in [0.25, 0.3) is 0 Å². The lowest BCUT2D eigenvalue weighted by Crippen LogP contribution is -2.45. The summed E-state index contributed by atoms with van der Waals surface area (Å²) < 4.78 is 32.8. The number of carbonyl (C=O) groups excluding carboxylic acids is 1. The molecule has 1 N–H and O–H groups in total. The molecule has 0 bridgehead atoms. The average molecular weight is 403 g/mol. The number of sulfonamides is 1. The van der Waals surface area contributed by atoms with Crippen molar-refractivity contribution >= 4 is 15.9 Å². The summed E-state index contributed by atoms with van der Waals surface area (Å²) >= 11 is 0. The number of benzene rings is 2. The molecule has 0 spiro atoms. The Kier molecular flexibility index (Phi) is 6.70. The molecule has 1 fully saturated rings. The first kappa shape index (κ1) is 20.4. The van der Waals surface area contributed by atoms with Gasteiger partial charge in [-0.1, -0.05) is 42.8 Å². The summed E-state index contributed by atoms with van der Waals surface area (Å²) in [6.45, 7) is 0.794. The van der Waals surface area contributed by atoms with E-state index in [1.54, 1.807) is 37.4 Å². The summed E-state index contributed by atoms with van der Waals surface area (Å²) in [7, 11) is -2.01. The molecule has 1 saturated heterocycles. The molecule has 7 heteroatoms. The Morgan fingerprint density at radius 3 is 2.57 bits per heavy atom. The van der Waals surface area contributed by atoms with Gasteiger partial charge in [-0.25, -0.2) is 8.42 Å². The minimum Gasteiger partial charge on any atom is -0.496 e. The van der Waals surface area contributed by atoms with Crippen molar-refractivity contribution in [2.24, 2.45) is 0 Å². The van der Waals surface area contributed by atoms with Crippen molar-refractivity contribution in [3.8, 4) is 5.75 Å². The number of nitrogens with zero attached hydrogens (tertiary/aromatic N) is 1. The highest BCUT2D eigenvalue weighted by molar-refractivity contribution is 7.89. The number of hydrogen-bond donors (Lipinski definition) is 1. The summed E-state index contributed by atoms with van der Waals surface area (Å²) in [6, 6.07) is 15.6. The van der Waals surface area contributed by atoms with Crippen LogP contribution in [0.4, 0.5) is 0 Å². The van der Waals surface area contributed by atoms with E-state index in [1.807, 2.05) is 24.3 Å². The summed E-state index contributed by atoms with van der Waals surface area (Å²) in [5, 5.41) is 2.89. The van der Waals surface area contributed by atoms with Crippen LogP contribution in [0.5, 0.6) is 5.75 Å². The van der Waals surface area contributed by atoms with E-state index in [2.05, 4.69) is 5.32 Å². The van der Waals surface area contributed by atoms with Gasteiger partial charge in [0.15, 0.2) is 0 Å². The first-order chi connectivity index (χ1) is 13.5. The minimum absolute atomic E-state index is 0.154. The van der Waals surface area contributed by atoms with E-state index in [1.165, 1.54) is 4.31 Å². The van der Waals surface area contributed by atoms with Crippen molar-refractivity contribution in [2.45, 2.75) is 43.2 Å². The average Bonchev–Trinajstić information content (AvgIpc) is 2.73. The van der Waals surface area contributed by atoms with Crippen molar-refractivity contribution in [1.29, 1.82) is 0 Å². The quantitative estimate of drug-likeness (QED) is 0.773. The third-order valence-corrected chi connectivity index (χ3v) is 6.98. The van der Waals surface area contributed by atoms with Crippen LogP contribution in [0.3, 0.4) is 0 Å². The Balaban J connectivity index is 1.67. The zero-order chi connectivity index (χ0) is 20.0. The van der Waals surface area contributed by atoms with Crippen molar-refractivity contribution in [2.75, 3.05) is 13.7 Å². The molecule has 1 heterocycles. The van der Waals surface area contributed by atoms with Crippen LogP contribution in [0.1, 0.15) is 31.2 Å². The molecule has 2 aromatic carbocycles. The second-order valence-electron chi connectivity index (χ2n) is 6.87. The Morgan fingerprint density at radius 1 is 1.11 bits per heavy atom. The van der Waals surface area contributed by atoms with Gasteiger partial charge in [-0.2, -0.15) is 4.31 Å². The number of rotatable bonds is 7. The van der Waals surface area contributed by atoms with Crippen LogP contribution in [0, 0.1) is 0 Å². The SMILES string of the molecule is COc1ccccc1CNC(=O)CC1CCCCN1S(=O)(=O)c1ccccc1. The minimum atomic E-state index is -3.60. The summed E-state index contributed by atoms with van der Waals surface area (Å²) in [6.07, 6.45) is 2.58. The molecule has 1 aliphatic heterocycles. The van der Waals surface area contributed by atoms with Crippen LogP contribution in [-0.2, 0) is 21.4 Å². The van der Waals surface area contributed by atoms with Gasteiger partial charge in [0.2, 0.25) is 15.9 Å². The predicted molar refractivity (Wildman–Crippen MR) is 107 cm³/mol. The fraction of sp³-hybridized carbons (Fsp3) is 0.381. The molecule has 6 nitrogen and oxygen atoms in total. The fourth-order valence-electron chi connectivity index (χ4n) is 3.55. The molecule has 0 aliphatic carbocycles. The molecule has 2 aromatic rings. The summed E-state index contributed by atoms with van der Waals surface area (Å²) in [4.78, 5) is 12.8. The van der Waals surface area contributed by atoms with Crippen molar-refractivity contribution in [1.82, 2.24) is 9.62 Å². The first-order valence-corrected chi connectivity index (χ1v) is 10.9. The van der Waals surface area contributed by atoms with Gasteiger partial charge in [0.1, 0.15) is 5.75 Å². The third-order valence-electron chi connectivity index (χ3n) is 5.01. The molecule has 1 atom stereocenters. The van der Waals surface area contributed by atoms with Gasteiger partial charge in [-0.3, -0.25) is 4.79 Å².